The van der Waals surface area contributed by atoms with Crippen molar-refractivity contribution >= 4 is 23.2 Å². The number of aromatic amines is 1. The average Bonchev–Trinajstić information content (AvgIpc) is 2.73. The summed E-state index contributed by atoms with van der Waals surface area (Å²) in [6.07, 6.45) is 1.82. The Morgan fingerprint density at radius 2 is 2.00 bits per heavy atom. The Morgan fingerprint density at radius 1 is 1.26 bits per heavy atom. The highest BCUT2D eigenvalue weighted by atomic mass is 35.5. The van der Waals surface area contributed by atoms with E-state index in [1.165, 1.54) is 0 Å². The van der Waals surface area contributed by atoms with E-state index < -0.39 is 0 Å². The highest BCUT2D eigenvalue weighted by Gasteiger charge is 2.14. The molecular formula is C14H17Cl2N3. The first-order valence-corrected chi connectivity index (χ1v) is 6.85. The first-order chi connectivity index (χ1) is 8.87. The predicted octanol–water partition coefficient (Wildman–Crippen LogP) is 4.27. The number of aromatic nitrogens is 2. The van der Waals surface area contributed by atoms with Gasteiger partial charge in [-0.05, 0) is 39.0 Å². The molecule has 0 amide bonds. The third kappa shape index (κ3) is 3.72. The minimum Gasteiger partial charge on any atom is -0.308 e. The van der Waals surface area contributed by atoms with Crippen LogP contribution in [0.5, 0.6) is 0 Å². The van der Waals surface area contributed by atoms with Gasteiger partial charge in [0.25, 0.3) is 0 Å². The van der Waals surface area contributed by atoms with Gasteiger partial charge in [0.1, 0.15) is 0 Å². The van der Waals surface area contributed by atoms with Crippen molar-refractivity contribution in [3.63, 3.8) is 0 Å². The molecule has 3 nitrogen and oxygen atoms in total. The van der Waals surface area contributed by atoms with Gasteiger partial charge in [-0.15, -0.1) is 0 Å². The van der Waals surface area contributed by atoms with Gasteiger partial charge in [0.2, 0.25) is 0 Å². The standard InChI is InChI=1S/C14H17Cl2N3/c1-14(2,3)17-7-9-8-18-19-13(9)11-5-4-10(15)6-12(11)16/h4-6,8,17H,7H2,1-3H3,(H,18,19). The molecule has 2 rings (SSSR count). The van der Waals surface area contributed by atoms with Crippen LogP contribution < -0.4 is 5.32 Å². The summed E-state index contributed by atoms with van der Waals surface area (Å²) in [4.78, 5) is 0. The Morgan fingerprint density at radius 3 is 2.63 bits per heavy atom. The second kappa shape index (κ2) is 5.53. The summed E-state index contributed by atoms with van der Waals surface area (Å²) in [6, 6.07) is 5.46. The van der Waals surface area contributed by atoms with Crippen LogP contribution >= 0.6 is 23.2 Å². The van der Waals surface area contributed by atoms with Gasteiger partial charge in [-0.25, -0.2) is 0 Å². The lowest BCUT2D eigenvalue weighted by molar-refractivity contribution is 0.424. The van der Waals surface area contributed by atoms with Crippen LogP contribution in [-0.4, -0.2) is 15.7 Å². The predicted molar refractivity (Wildman–Crippen MR) is 80.6 cm³/mol. The molecule has 0 spiro atoms. The minimum atomic E-state index is 0.0539. The molecule has 0 aliphatic rings. The number of nitrogens with zero attached hydrogens (tertiary/aromatic N) is 1. The van der Waals surface area contributed by atoms with Crippen LogP contribution in [0.1, 0.15) is 26.3 Å². The van der Waals surface area contributed by atoms with Gasteiger partial charge in [0.05, 0.1) is 16.9 Å². The van der Waals surface area contributed by atoms with Crippen LogP contribution in [0.15, 0.2) is 24.4 Å². The van der Waals surface area contributed by atoms with Crippen molar-refractivity contribution in [3.8, 4) is 11.3 Å². The van der Waals surface area contributed by atoms with Crippen molar-refractivity contribution in [2.45, 2.75) is 32.9 Å². The molecule has 0 atom stereocenters. The third-order valence-corrected chi connectivity index (χ3v) is 3.28. The van der Waals surface area contributed by atoms with E-state index in [1.54, 1.807) is 6.07 Å². The Balaban J connectivity index is 2.28. The summed E-state index contributed by atoms with van der Waals surface area (Å²) >= 11 is 12.1. The number of rotatable bonds is 3. The lowest BCUT2D eigenvalue weighted by atomic mass is 10.1. The second-order valence-electron chi connectivity index (χ2n) is 5.50. The van der Waals surface area contributed by atoms with Crippen LogP contribution in [0, 0.1) is 0 Å². The van der Waals surface area contributed by atoms with Gasteiger partial charge in [0.15, 0.2) is 0 Å². The molecule has 0 bridgehead atoms. The zero-order valence-electron chi connectivity index (χ0n) is 11.2. The highest BCUT2D eigenvalue weighted by molar-refractivity contribution is 6.36. The quantitative estimate of drug-likeness (QED) is 0.888. The molecule has 19 heavy (non-hydrogen) atoms. The molecular weight excluding hydrogens is 281 g/mol. The number of hydrogen-bond acceptors (Lipinski definition) is 2. The first kappa shape index (κ1) is 14.4. The number of nitrogens with one attached hydrogen (secondary N) is 2. The molecule has 5 heteroatoms. The third-order valence-electron chi connectivity index (χ3n) is 2.73. The monoisotopic (exact) mass is 297 g/mol. The van der Waals surface area contributed by atoms with E-state index >= 15 is 0 Å². The van der Waals surface area contributed by atoms with Crippen molar-refractivity contribution in [2.75, 3.05) is 0 Å². The molecule has 0 unspecified atom stereocenters. The largest absolute Gasteiger partial charge is 0.308 e. The maximum absolute atomic E-state index is 6.23. The Kier molecular flexibility index (Phi) is 4.19. The van der Waals surface area contributed by atoms with Crippen LogP contribution in [0.25, 0.3) is 11.3 Å². The van der Waals surface area contributed by atoms with Crippen molar-refractivity contribution in [1.29, 1.82) is 0 Å². The average molecular weight is 298 g/mol. The van der Waals surface area contributed by atoms with Crippen LogP contribution in [0.3, 0.4) is 0 Å². The topological polar surface area (TPSA) is 40.7 Å². The summed E-state index contributed by atoms with van der Waals surface area (Å²) in [5.74, 6) is 0. The molecule has 0 aliphatic heterocycles. The first-order valence-electron chi connectivity index (χ1n) is 6.09. The molecule has 1 aromatic carbocycles. The minimum absolute atomic E-state index is 0.0539. The van der Waals surface area contributed by atoms with Gasteiger partial charge in [-0.3, -0.25) is 5.10 Å². The molecule has 2 aromatic rings. The number of hydrogen-bond donors (Lipinski definition) is 2. The Bertz CT molecular complexity index is 570. The van der Waals surface area contributed by atoms with E-state index in [4.69, 9.17) is 23.2 Å². The Hall–Kier alpha value is -1.03. The maximum Gasteiger partial charge on any atom is 0.0710 e. The maximum atomic E-state index is 6.23. The lowest BCUT2D eigenvalue weighted by Gasteiger charge is -2.20. The molecule has 2 N–H and O–H groups in total. The van der Waals surface area contributed by atoms with Gasteiger partial charge in [0, 0.05) is 28.2 Å². The van der Waals surface area contributed by atoms with Crippen LogP contribution in [0.4, 0.5) is 0 Å². The van der Waals surface area contributed by atoms with Gasteiger partial charge in [-0.2, -0.15) is 5.10 Å². The fourth-order valence-electron chi connectivity index (χ4n) is 1.73. The summed E-state index contributed by atoms with van der Waals surface area (Å²) in [5, 5.41) is 11.8. The van der Waals surface area contributed by atoms with Crippen molar-refractivity contribution in [3.05, 3.63) is 40.0 Å². The zero-order valence-corrected chi connectivity index (χ0v) is 12.7. The number of halogens is 2. The molecule has 0 saturated heterocycles. The summed E-state index contributed by atoms with van der Waals surface area (Å²) in [5.41, 5.74) is 2.98. The molecule has 1 aromatic heterocycles. The van der Waals surface area contributed by atoms with Crippen molar-refractivity contribution in [2.24, 2.45) is 0 Å². The van der Waals surface area contributed by atoms with E-state index in [0.717, 1.165) is 23.4 Å². The van der Waals surface area contributed by atoms with Gasteiger partial charge in [-0.1, -0.05) is 23.2 Å². The molecule has 0 radical (unpaired) electrons. The Labute approximate surface area is 123 Å². The normalized spacial score (nSPS) is 11.8. The fraction of sp³-hybridized carbons (Fsp3) is 0.357. The van der Waals surface area contributed by atoms with Crippen LogP contribution in [0.2, 0.25) is 10.0 Å². The van der Waals surface area contributed by atoms with E-state index in [9.17, 15) is 0 Å². The van der Waals surface area contributed by atoms with Gasteiger partial charge < -0.3 is 5.32 Å². The molecule has 0 fully saturated rings. The molecule has 0 aliphatic carbocycles. The SMILES string of the molecule is CC(C)(C)NCc1cn[nH]c1-c1ccc(Cl)cc1Cl. The van der Waals surface area contributed by atoms with E-state index in [1.807, 2.05) is 18.3 Å². The number of benzene rings is 1. The van der Waals surface area contributed by atoms with E-state index in [2.05, 4.69) is 36.3 Å². The summed E-state index contributed by atoms with van der Waals surface area (Å²) in [6.45, 7) is 7.11. The summed E-state index contributed by atoms with van der Waals surface area (Å²) < 4.78 is 0. The van der Waals surface area contributed by atoms with E-state index in [-0.39, 0.29) is 5.54 Å². The zero-order chi connectivity index (χ0) is 14.0. The smallest absolute Gasteiger partial charge is 0.0710 e. The highest BCUT2D eigenvalue weighted by Crippen LogP contribution is 2.31. The molecule has 102 valence electrons. The van der Waals surface area contributed by atoms with E-state index in [0.29, 0.717) is 10.0 Å². The second-order valence-corrected chi connectivity index (χ2v) is 6.34. The molecule has 0 saturated carbocycles. The molecule has 1 heterocycles. The number of H-pyrrole nitrogens is 1. The van der Waals surface area contributed by atoms with Crippen molar-refractivity contribution < 1.29 is 0 Å². The van der Waals surface area contributed by atoms with Gasteiger partial charge >= 0.3 is 0 Å². The fourth-order valence-corrected chi connectivity index (χ4v) is 2.23. The lowest BCUT2D eigenvalue weighted by Crippen LogP contribution is -2.35. The summed E-state index contributed by atoms with van der Waals surface area (Å²) in [7, 11) is 0. The van der Waals surface area contributed by atoms with Crippen LogP contribution in [-0.2, 0) is 6.54 Å². The van der Waals surface area contributed by atoms with Crippen molar-refractivity contribution in [1.82, 2.24) is 15.5 Å².